The van der Waals surface area contributed by atoms with Gasteiger partial charge in [0.2, 0.25) is 0 Å². The first-order valence-electron chi connectivity index (χ1n) is 11.8. The summed E-state index contributed by atoms with van der Waals surface area (Å²) in [6.45, 7) is 2.31. The van der Waals surface area contributed by atoms with E-state index in [1.807, 2.05) is 6.07 Å². The molecule has 0 amide bonds. The predicted molar refractivity (Wildman–Crippen MR) is 119 cm³/mol. The van der Waals surface area contributed by atoms with Crippen molar-refractivity contribution in [2.75, 3.05) is 0 Å². The third kappa shape index (κ3) is 6.61. The van der Waals surface area contributed by atoms with Crippen molar-refractivity contribution in [3.05, 3.63) is 46.8 Å². The van der Waals surface area contributed by atoms with Crippen molar-refractivity contribution in [3.63, 3.8) is 0 Å². The Balaban J connectivity index is 1.32. The first kappa shape index (κ1) is 21.9. The van der Waals surface area contributed by atoms with Crippen LogP contribution in [0.4, 0.5) is 4.39 Å². The number of rotatable bonds is 8. The molecule has 0 unspecified atom stereocenters. The molecule has 2 fully saturated rings. The van der Waals surface area contributed by atoms with Gasteiger partial charge in [0.1, 0.15) is 5.82 Å². The highest BCUT2D eigenvalue weighted by atomic mass is 35.5. The Bertz CT molecular complexity index is 607. The molecule has 0 aliphatic heterocycles. The second-order valence-electron chi connectivity index (χ2n) is 9.32. The van der Waals surface area contributed by atoms with Crippen molar-refractivity contribution in [3.8, 4) is 0 Å². The maximum absolute atomic E-state index is 13.7. The predicted octanol–water partition coefficient (Wildman–Crippen LogP) is 9.09. The van der Waals surface area contributed by atoms with Crippen LogP contribution >= 0.6 is 11.6 Å². The van der Waals surface area contributed by atoms with E-state index in [1.165, 1.54) is 70.6 Å². The molecule has 1 aromatic rings. The van der Waals surface area contributed by atoms with Gasteiger partial charge in [0, 0.05) is 0 Å². The van der Waals surface area contributed by atoms with Crippen LogP contribution in [0.5, 0.6) is 0 Å². The van der Waals surface area contributed by atoms with Gasteiger partial charge < -0.3 is 0 Å². The van der Waals surface area contributed by atoms with Crippen LogP contribution in [-0.4, -0.2) is 0 Å². The van der Waals surface area contributed by atoms with Gasteiger partial charge in [-0.15, -0.1) is 0 Å². The number of hydrogen-bond acceptors (Lipinski definition) is 0. The minimum Gasteiger partial charge on any atom is -0.205 e. The molecule has 0 radical (unpaired) electrons. The molecule has 28 heavy (non-hydrogen) atoms. The summed E-state index contributed by atoms with van der Waals surface area (Å²) in [4.78, 5) is 0. The molecule has 3 rings (SSSR count). The van der Waals surface area contributed by atoms with E-state index in [-0.39, 0.29) is 10.8 Å². The molecule has 0 saturated heterocycles. The van der Waals surface area contributed by atoms with Gasteiger partial charge in [-0.25, -0.2) is 4.39 Å². The molecule has 0 N–H and O–H groups in total. The zero-order chi connectivity index (χ0) is 19.8. The van der Waals surface area contributed by atoms with Crippen molar-refractivity contribution in [1.82, 2.24) is 0 Å². The van der Waals surface area contributed by atoms with Crippen LogP contribution in [0.1, 0.15) is 102 Å². The molecular formula is C26H38ClF. The zero-order valence-corrected chi connectivity index (χ0v) is 18.4. The number of benzene rings is 1. The lowest BCUT2D eigenvalue weighted by Gasteiger charge is -2.28. The summed E-state index contributed by atoms with van der Waals surface area (Å²) in [6.07, 6.45) is 22.5. The summed E-state index contributed by atoms with van der Waals surface area (Å²) < 4.78 is 13.7. The molecule has 2 aliphatic carbocycles. The van der Waals surface area contributed by atoms with E-state index in [0.29, 0.717) is 5.92 Å². The van der Waals surface area contributed by atoms with Crippen molar-refractivity contribution in [1.29, 1.82) is 0 Å². The average molecular weight is 405 g/mol. The Hall–Kier alpha value is -0.820. The highest BCUT2D eigenvalue weighted by Gasteiger charge is 2.22. The van der Waals surface area contributed by atoms with E-state index in [1.54, 1.807) is 12.1 Å². The quantitative estimate of drug-likeness (QED) is 0.379. The monoisotopic (exact) mass is 404 g/mol. The molecule has 2 heteroatoms. The number of allylic oxidation sites excluding steroid dienone is 2. The first-order valence-corrected chi connectivity index (χ1v) is 12.1. The Morgan fingerprint density at radius 3 is 2.29 bits per heavy atom. The lowest BCUT2D eigenvalue weighted by molar-refractivity contribution is 0.250. The van der Waals surface area contributed by atoms with Crippen LogP contribution in [0.25, 0.3) is 0 Å². The fourth-order valence-electron chi connectivity index (χ4n) is 5.33. The van der Waals surface area contributed by atoms with Gasteiger partial charge in [-0.3, -0.25) is 0 Å². The van der Waals surface area contributed by atoms with Crippen molar-refractivity contribution in [2.45, 2.75) is 96.3 Å². The first-order chi connectivity index (χ1) is 13.7. The molecule has 0 spiro atoms. The highest BCUT2D eigenvalue weighted by molar-refractivity contribution is 6.30. The Labute approximate surface area is 176 Å². The summed E-state index contributed by atoms with van der Waals surface area (Å²) in [6, 6.07) is 5.35. The van der Waals surface area contributed by atoms with Crippen LogP contribution in [0.2, 0.25) is 5.02 Å². The van der Waals surface area contributed by atoms with Gasteiger partial charge in [-0.1, -0.05) is 81.7 Å². The van der Waals surface area contributed by atoms with Gasteiger partial charge in [0.25, 0.3) is 0 Å². The maximum Gasteiger partial charge on any atom is 0.142 e. The fraction of sp³-hybridized carbons (Fsp3) is 0.692. The Morgan fingerprint density at radius 1 is 0.964 bits per heavy atom. The third-order valence-electron chi connectivity index (χ3n) is 7.27. The summed E-state index contributed by atoms with van der Waals surface area (Å²) in [5.74, 6) is 2.94. The van der Waals surface area contributed by atoms with E-state index in [4.69, 9.17) is 11.6 Å². The van der Waals surface area contributed by atoms with Crippen molar-refractivity contribution >= 4 is 11.6 Å². The second kappa shape index (κ2) is 11.4. The summed E-state index contributed by atoms with van der Waals surface area (Å²) in [5.41, 5.74) is 1.12. The fourth-order valence-corrected chi connectivity index (χ4v) is 5.45. The summed E-state index contributed by atoms with van der Waals surface area (Å²) in [5, 5.41) is 0.231. The number of hydrogen-bond donors (Lipinski definition) is 0. The van der Waals surface area contributed by atoms with Gasteiger partial charge in [0.05, 0.1) is 5.02 Å². The molecule has 1 aromatic carbocycles. The molecule has 0 bridgehead atoms. The molecule has 2 saturated carbocycles. The van der Waals surface area contributed by atoms with Crippen LogP contribution in [0.3, 0.4) is 0 Å². The highest BCUT2D eigenvalue weighted by Crippen LogP contribution is 2.38. The third-order valence-corrected chi connectivity index (χ3v) is 7.58. The smallest absolute Gasteiger partial charge is 0.142 e. The normalized spacial score (nSPS) is 28.7. The van der Waals surface area contributed by atoms with Gasteiger partial charge in [-0.05, 0) is 79.9 Å². The molecule has 156 valence electrons. The molecule has 2 aliphatic rings. The van der Waals surface area contributed by atoms with Crippen LogP contribution < -0.4 is 0 Å². The molecule has 0 heterocycles. The van der Waals surface area contributed by atoms with Crippen LogP contribution in [-0.2, 0) is 0 Å². The summed E-state index contributed by atoms with van der Waals surface area (Å²) >= 11 is 5.81. The second-order valence-corrected chi connectivity index (χ2v) is 9.73. The van der Waals surface area contributed by atoms with Crippen molar-refractivity contribution in [2.24, 2.45) is 17.8 Å². The van der Waals surface area contributed by atoms with E-state index < -0.39 is 0 Å². The largest absolute Gasteiger partial charge is 0.205 e. The lowest BCUT2D eigenvalue weighted by Crippen LogP contribution is -2.14. The Morgan fingerprint density at radius 2 is 1.64 bits per heavy atom. The minimum absolute atomic E-state index is 0.231. The van der Waals surface area contributed by atoms with Crippen LogP contribution in [0, 0.1) is 23.6 Å². The molecule has 0 atom stereocenters. The standard InChI is InChI=1S/C26H38ClF/c1-2-3-6-20-9-11-21(12-10-20)7-4-5-8-22-13-15-23(16-14-22)24-17-18-25(27)26(28)19-24/h5,8,17-23H,2-4,6-7,9-16H2,1H3/b8-5+. The summed E-state index contributed by atoms with van der Waals surface area (Å²) in [7, 11) is 0. The number of unbranched alkanes of at least 4 members (excludes halogenated alkanes) is 1. The van der Waals surface area contributed by atoms with E-state index in [2.05, 4.69) is 19.1 Å². The SMILES string of the molecule is CCCCC1CCC(CC/C=C/C2CCC(c3ccc(Cl)c(F)c3)CC2)CC1. The average Bonchev–Trinajstić information content (AvgIpc) is 2.73. The van der Waals surface area contributed by atoms with E-state index >= 15 is 0 Å². The zero-order valence-electron chi connectivity index (χ0n) is 17.6. The Kier molecular flexibility index (Phi) is 8.90. The topological polar surface area (TPSA) is 0 Å². The van der Waals surface area contributed by atoms with E-state index in [0.717, 1.165) is 36.2 Å². The lowest BCUT2D eigenvalue weighted by atomic mass is 9.77. The van der Waals surface area contributed by atoms with Gasteiger partial charge >= 0.3 is 0 Å². The molecular weight excluding hydrogens is 367 g/mol. The maximum atomic E-state index is 13.7. The molecule has 0 nitrogen and oxygen atoms in total. The molecule has 0 aromatic heterocycles. The van der Waals surface area contributed by atoms with Gasteiger partial charge in [-0.2, -0.15) is 0 Å². The minimum atomic E-state index is -0.277. The number of halogens is 2. The van der Waals surface area contributed by atoms with Crippen LogP contribution in [0.15, 0.2) is 30.4 Å². The van der Waals surface area contributed by atoms with E-state index in [9.17, 15) is 4.39 Å². The van der Waals surface area contributed by atoms with Gasteiger partial charge in [0.15, 0.2) is 0 Å². The van der Waals surface area contributed by atoms with Crippen molar-refractivity contribution < 1.29 is 4.39 Å².